The summed E-state index contributed by atoms with van der Waals surface area (Å²) in [5.74, 6) is -1.50. The molecule has 0 bridgehead atoms. The van der Waals surface area contributed by atoms with Crippen LogP contribution in [-0.4, -0.2) is 25.7 Å². The van der Waals surface area contributed by atoms with Crippen molar-refractivity contribution in [2.24, 2.45) is 0 Å². The Morgan fingerprint density at radius 1 is 1.30 bits per heavy atom. The van der Waals surface area contributed by atoms with Crippen LogP contribution < -0.4 is 5.32 Å². The summed E-state index contributed by atoms with van der Waals surface area (Å²) in [6.45, 7) is 1.81. The van der Waals surface area contributed by atoms with Gasteiger partial charge in [0.2, 0.25) is 4.96 Å². The summed E-state index contributed by atoms with van der Waals surface area (Å²) < 4.78 is 38.8. The maximum Gasteiger partial charge on any atom is 0.453 e. The molecule has 3 rings (SSSR count). The molecule has 0 aliphatic heterocycles. The molecule has 0 atom stereocenters. The van der Waals surface area contributed by atoms with Crippen LogP contribution in [0.3, 0.4) is 0 Å². The molecular formula is C13H10F3N5OS. The topological polar surface area (TPSA) is 72.2 Å². The molecule has 0 fully saturated rings. The number of benzene rings is 1. The van der Waals surface area contributed by atoms with Crippen molar-refractivity contribution in [3.8, 4) is 0 Å². The van der Waals surface area contributed by atoms with E-state index in [1.807, 2.05) is 6.07 Å². The molecular weight excluding hydrogens is 331 g/mol. The third-order valence-corrected chi connectivity index (χ3v) is 3.97. The van der Waals surface area contributed by atoms with Crippen LogP contribution in [0.25, 0.3) is 4.96 Å². The van der Waals surface area contributed by atoms with Gasteiger partial charge >= 0.3 is 6.18 Å². The molecule has 0 radical (unpaired) electrons. The van der Waals surface area contributed by atoms with E-state index in [1.165, 1.54) is 0 Å². The molecule has 10 heteroatoms. The van der Waals surface area contributed by atoms with E-state index < -0.39 is 12.0 Å². The second kappa shape index (κ2) is 5.61. The van der Waals surface area contributed by atoms with Crippen LogP contribution >= 0.6 is 11.3 Å². The zero-order valence-electron chi connectivity index (χ0n) is 11.8. The second-order valence-corrected chi connectivity index (χ2v) is 5.75. The number of halogens is 3. The van der Waals surface area contributed by atoms with E-state index in [9.17, 15) is 18.0 Å². The average Bonchev–Trinajstić information content (AvgIpc) is 3.03. The van der Waals surface area contributed by atoms with Crippen molar-refractivity contribution < 1.29 is 18.0 Å². The third-order valence-electron chi connectivity index (χ3n) is 3.08. The normalized spacial score (nSPS) is 11.8. The Morgan fingerprint density at radius 2 is 2.04 bits per heavy atom. The van der Waals surface area contributed by atoms with Gasteiger partial charge in [-0.05, 0) is 18.6 Å². The zero-order chi connectivity index (χ0) is 16.6. The number of nitrogens with zero attached hydrogens (tertiary/aromatic N) is 4. The Hall–Kier alpha value is -2.49. The zero-order valence-corrected chi connectivity index (χ0v) is 12.6. The highest BCUT2D eigenvalue weighted by molar-refractivity contribution is 7.16. The molecule has 3 aromatic rings. The van der Waals surface area contributed by atoms with Gasteiger partial charge in [-0.15, -0.1) is 10.2 Å². The summed E-state index contributed by atoms with van der Waals surface area (Å²) in [5.41, 5.74) is 1.31. The first kappa shape index (κ1) is 15.4. The molecule has 0 aliphatic carbocycles. The largest absolute Gasteiger partial charge is 0.453 e. The molecule has 0 unspecified atom stereocenters. The van der Waals surface area contributed by atoms with E-state index in [1.54, 1.807) is 25.1 Å². The first-order chi connectivity index (χ1) is 10.9. The molecule has 0 saturated heterocycles. The van der Waals surface area contributed by atoms with E-state index >= 15 is 0 Å². The summed E-state index contributed by atoms with van der Waals surface area (Å²) in [5, 5.41) is 13.3. The van der Waals surface area contributed by atoms with Gasteiger partial charge in [-0.2, -0.15) is 22.8 Å². The molecule has 0 aliphatic rings. The standard InChI is InChI=1S/C13H10F3N5OS/c1-7-4-2-3-5-8(7)10(22)17-6-9-20-21-11(13(14,15)16)18-19-12(21)23-9/h2-5H,6H2,1H3,(H,17,22). The lowest BCUT2D eigenvalue weighted by Crippen LogP contribution is -2.23. The Labute approximate surface area is 132 Å². The average molecular weight is 341 g/mol. The number of carbonyl (C=O) groups excluding carboxylic acids is 1. The van der Waals surface area contributed by atoms with Gasteiger partial charge < -0.3 is 5.32 Å². The van der Waals surface area contributed by atoms with Crippen molar-refractivity contribution in [2.75, 3.05) is 0 Å². The van der Waals surface area contributed by atoms with Gasteiger partial charge in [0.05, 0.1) is 6.54 Å². The fourth-order valence-corrected chi connectivity index (χ4v) is 2.76. The smallest absolute Gasteiger partial charge is 0.345 e. The van der Waals surface area contributed by atoms with Crippen LogP contribution in [0.15, 0.2) is 24.3 Å². The number of fused-ring (bicyclic) bond motifs is 1. The van der Waals surface area contributed by atoms with Crippen molar-refractivity contribution in [1.82, 2.24) is 25.1 Å². The van der Waals surface area contributed by atoms with Crippen LogP contribution in [0, 0.1) is 6.92 Å². The molecule has 1 amide bonds. The number of aromatic nitrogens is 4. The van der Waals surface area contributed by atoms with Crippen molar-refractivity contribution in [3.63, 3.8) is 0 Å². The third kappa shape index (κ3) is 3.02. The van der Waals surface area contributed by atoms with E-state index in [2.05, 4.69) is 20.6 Å². The lowest BCUT2D eigenvalue weighted by molar-refractivity contribution is -0.146. The molecule has 23 heavy (non-hydrogen) atoms. The monoisotopic (exact) mass is 341 g/mol. The maximum atomic E-state index is 12.7. The lowest BCUT2D eigenvalue weighted by Gasteiger charge is -2.05. The van der Waals surface area contributed by atoms with Crippen molar-refractivity contribution >= 4 is 22.2 Å². The van der Waals surface area contributed by atoms with Gasteiger partial charge in [0.1, 0.15) is 5.01 Å². The first-order valence-electron chi connectivity index (χ1n) is 6.48. The minimum absolute atomic E-state index is 0.0124. The van der Waals surface area contributed by atoms with E-state index in [0.29, 0.717) is 15.1 Å². The predicted octanol–water partition coefficient (Wildman–Crippen LogP) is 2.44. The number of nitrogens with one attached hydrogen (secondary N) is 1. The molecule has 1 aromatic carbocycles. The number of amides is 1. The SMILES string of the molecule is Cc1ccccc1C(=O)NCc1nn2c(C(F)(F)F)nnc2s1. The summed E-state index contributed by atoms with van der Waals surface area (Å²) in [6.07, 6.45) is -4.63. The summed E-state index contributed by atoms with van der Waals surface area (Å²) >= 11 is 0.939. The Morgan fingerprint density at radius 3 is 2.74 bits per heavy atom. The summed E-state index contributed by atoms with van der Waals surface area (Å²) in [6, 6.07) is 7.02. The highest BCUT2D eigenvalue weighted by atomic mass is 32.1. The molecule has 6 nitrogen and oxygen atoms in total. The second-order valence-electron chi connectivity index (χ2n) is 4.71. The number of aryl methyl sites for hydroxylation is 1. The van der Waals surface area contributed by atoms with Gasteiger partial charge in [0, 0.05) is 5.56 Å². The number of hydrogen-bond donors (Lipinski definition) is 1. The molecule has 0 saturated carbocycles. The Bertz CT molecular complexity index is 870. The fourth-order valence-electron chi connectivity index (χ4n) is 1.98. The molecule has 2 heterocycles. The van der Waals surface area contributed by atoms with Crippen molar-refractivity contribution in [1.29, 1.82) is 0 Å². The van der Waals surface area contributed by atoms with Crippen molar-refractivity contribution in [2.45, 2.75) is 19.6 Å². The Kier molecular flexibility index (Phi) is 3.76. The summed E-state index contributed by atoms with van der Waals surface area (Å²) in [4.78, 5) is 12.1. The number of rotatable bonds is 3. The number of hydrogen-bond acceptors (Lipinski definition) is 5. The minimum Gasteiger partial charge on any atom is -0.345 e. The van der Waals surface area contributed by atoms with E-state index in [4.69, 9.17) is 0 Å². The first-order valence-corrected chi connectivity index (χ1v) is 7.30. The van der Waals surface area contributed by atoms with E-state index in [0.717, 1.165) is 16.9 Å². The molecule has 2 aromatic heterocycles. The number of alkyl halides is 3. The van der Waals surface area contributed by atoms with Crippen LogP contribution in [0.4, 0.5) is 13.2 Å². The fraction of sp³-hybridized carbons (Fsp3) is 0.231. The van der Waals surface area contributed by atoms with Crippen LogP contribution in [0.1, 0.15) is 26.8 Å². The molecule has 0 spiro atoms. The maximum absolute atomic E-state index is 12.7. The van der Waals surface area contributed by atoms with Crippen LogP contribution in [0.5, 0.6) is 0 Å². The number of carbonyl (C=O) groups is 1. The van der Waals surface area contributed by atoms with Crippen LogP contribution in [0.2, 0.25) is 0 Å². The highest BCUT2D eigenvalue weighted by Crippen LogP contribution is 2.28. The van der Waals surface area contributed by atoms with Gasteiger partial charge in [0.25, 0.3) is 11.7 Å². The Balaban J connectivity index is 1.76. The van der Waals surface area contributed by atoms with Crippen LogP contribution in [-0.2, 0) is 12.7 Å². The lowest BCUT2D eigenvalue weighted by atomic mass is 10.1. The predicted molar refractivity (Wildman–Crippen MR) is 76.0 cm³/mol. The minimum atomic E-state index is -4.63. The van der Waals surface area contributed by atoms with Gasteiger partial charge in [-0.25, -0.2) is 0 Å². The quantitative estimate of drug-likeness (QED) is 0.794. The highest BCUT2D eigenvalue weighted by Gasteiger charge is 2.38. The van der Waals surface area contributed by atoms with Crippen molar-refractivity contribution in [3.05, 3.63) is 46.2 Å². The van der Waals surface area contributed by atoms with Gasteiger partial charge in [-0.1, -0.05) is 29.5 Å². The molecule has 120 valence electrons. The van der Waals surface area contributed by atoms with E-state index in [-0.39, 0.29) is 17.4 Å². The van der Waals surface area contributed by atoms with Gasteiger partial charge in [-0.3, -0.25) is 4.79 Å². The van der Waals surface area contributed by atoms with Gasteiger partial charge in [0.15, 0.2) is 0 Å². The summed E-state index contributed by atoms with van der Waals surface area (Å²) in [7, 11) is 0. The molecule has 1 N–H and O–H groups in total.